The highest BCUT2D eigenvalue weighted by molar-refractivity contribution is 7.99. The first-order chi connectivity index (χ1) is 12.8. The molecule has 4 aromatic rings. The van der Waals surface area contributed by atoms with E-state index in [0.717, 1.165) is 22.1 Å². The fourth-order valence-corrected chi connectivity index (χ4v) is 3.54. The molecule has 0 spiro atoms. The number of nitrogens with one attached hydrogen (secondary N) is 1. The third-order valence-corrected chi connectivity index (χ3v) is 4.93. The summed E-state index contributed by atoms with van der Waals surface area (Å²) in [6.45, 7) is 2.58. The number of para-hydroxylation sites is 2. The van der Waals surface area contributed by atoms with E-state index in [9.17, 15) is 4.79 Å². The number of nitrogens with zero attached hydrogens (tertiary/aromatic N) is 4. The molecule has 0 aliphatic carbocycles. The van der Waals surface area contributed by atoms with Crippen LogP contribution in [-0.4, -0.2) is 38.4 Å². The van der Waals surface area contributed by atoms with Crippen LogP contribution in [0.2, 0.25) is 0 Å². The molecule has 0 unspecified atom stereocenters. The molecule has 0 atom stereocenters. The van der Waals surface area contributed by atoms with Gasteiger partial charge in [0.1, 0.15) is 5.52 Å². The van der Waals surface area contributed by atoms with Gasteiger partial charge >= 0.3 is 0 Å². The van der Waals surface area contributed by atoms with Crippen molar-refractivity contribution in [3.8, 4) is 0 Å². The van der Waals surface area contributed by atoms with Gasteiger partial charge in [-0.15, -0.1) is 10.2 Å². The topological polar surface area (TPSA) is 74.8 Å². The molecule has 0 saturated heterocycles. The number of hydrogen-bond donors (Lipinski definition) is 1. The van der Waals surface area contributed by atoms with Crippen molar-refractivity contribution in [1.82, 2.24) is 20.2 Å². The quantitative estimate of drug-likeness (QED) is 0.548. The first-order valence-corrected chi connectivity index (χ1v) is 9.34. The van der Waals surface area contributed by atoms with Crippen LogP contribution in [0.15, 0.2) is 59.8 Å². The van der Waals surface area contributed by atoms with Gasteiger partial charge in [-0.25, -0.2) is 4.98 Å². The van der Waals surface area contributed by atoms with Gasteiger partial charge in [-0.1, -0.05) is 48.2 Å². The first kappa shape index (κ1) is 16.5. The molecule has 2 aromatic carbocycles. The highest BCUT2D eigenvalue weighted by Crippen LogP contribution is 2.23. The molecule has 1 amide bonds. The van der Waals surface area contributed by atoms with E-state index in [2.05, 4.69) is 20.2 Å². The Kier molecular flexibility index (Phi) is 4.53. The summed E-state index contributed by atoms with van der Waals surface area (Å²) in [7, 11) is 0. The van der Waals surface area contributed by atoms with E-state index in [4.69, 9.17) is 0 Å². The Labute approximate surface area is 154 Å². The number of aromatic amines is 1. The Balaban J connectivity index is 1.52. The van der Waals surface area contributed by atoms with Crippen LogP contribution in [-0.2, 0) is 4.79 Å². The summed E-state index contributed by atoms with van der Waals surface area (Å²) < 4.78 is 0. The highest BCUT2D eigenvalue weighted by Gasteiger charge is 2.15. The lowest BCUT2D eigenvalue weighted by Gasteiger charge is -2.20. The highest BCUT2D eigenvalue weighted by atomic mass is 32.2. The molecule has 7 heteroatoms. The molecule has 2 heterocycles. The van der Waals surface area contributed by atoms with Crippen molar-refractivity contribution in [2.45, 2.75) is 12.1 Å². The Morgan fingerprint density at radius 3 is 2.65 bits per heavy atom. The number of rotatable bonds is 5. The van der Waals surface area contributed by atoms with Crippen molar-refractivity contribution in [3.05, 3.63) is 54.6 Å². The van der Waals surface area contributed by atoms with Gasteiger partial charge in [0.25, 0.3) is 0 Å². The molecule has 0 radical (unpaired) electrons. The number of H-pyrrole nitrogens is 1. The standard InChI is InChI=1S/C19H17N5OS/c1-2-24(13-8-4-3-5-9-13)16(25)12-26-19-21-18-17(22-23-19)14-10-6-7-11-15(14)20-18/h3-11H,2,12H2,1H3,(H,20,21,23). The largest absolute Gasteiger partial charge is 0.338 e. The summed E-state index contributed by atoms with van der Waals surface area (Å²) in [5, 5.41) is 9.94. The maximum atomic E-state index is 12.6. The third kappa shape index (κ3) is 3.13. The van der Waals surface area contributed by atoms with Crippen LogP contribution < -0.4 is 4.90 Å². The van der Waals surface area contributed by atoms with Gasteiger partial charge in [0, 0.05) is 23.1 Å². The molecule has 6 nitrogen and oxygen atoms in total. The van der Waals surface area contributed by atoms with Gasteiger partial charge in [0.2, 0.25) is 11.1 Å². The van der Waals surface area contributed by atoms with E-state index >= 15 is 0 Å². The van der Waals surface area contributed by atoms with Crippen LogP contribution in [0, 0.1) is 0 Å². The average Bonchev–Trinajstić information content (AvgIpc) is 3.05. The second-order valence-corrected chi connectivity index (χ2v) is 6.67. The van der Waals surface area contributed by atoms with E-state index < -0.39 is 0 Å². The van der Waals surface area contributed by atoms with Crippen molar-refractivity contribution in [3.63, 3.8) is 0 Å². The van der Waals surface area contributed by atoms with Crippen molar-refractivity contribution in [2.24, 2.45) is 0 Å². The van der Waals surface area contributed by atoms with Crippen molar-refractivity contribution < 1.29 is 4.79 Å². The molecule has 26 heavy (non-hydrogen) atoms. The van der Waals surface area contributed by atoms with Gasteiger partial charge in [-0.05, 0) is 25.1 Å². The van der Waals surface area contributed by atoms with Crippen molar-refractivity contribution >= 4 is 45.4 Å². The lowest BCUT2D eigenvalue weighted by molar-refractivity contribution is -0.116. The molecular formula is C19H17N5OS. The zero-order chi connectivity index (χ0) is 17.9. The monoisotopic (exact) mass is 363 g/mol. The minimum Gasteiger partial charge on any atom is -0.338 e. The summed E-state index contributed by atoms with van der Waals surface area (Å²) in [4.78, 5) is 22.1. The number of carbonyl (C=O) groups is 1. The van der Waals surface area contributed by atoms with E-state index in [0.29, 0.717) is 17.3 Å². The fraction of sp³-hybridized carbons (Fsp3) is 0.158. The molecule has 0 saturated carbocycles. The van der Waals surface area contributed by atoms with E-state index in [-0.39, 0.29) is 11.7 Å². The second-order valence-electron chi connectivity index (χ2n) is 5.72. The molecule has 0 aliphatic rings. The summed E-state index contributed by atoms with van der Waals surface area (Å²) in [6, 6.07) is 17.5. The number of hydrogen-bond acceptors (Lipinski definition) is 5. The number of carbonyl (C=O) groups excluding carboxylic acids is 1. The lowest BCUT2D eigenvalue weighted by atomic mass is 10.2. The average molecular weight is 363 g/mol. The minimum atomic E-state index is 0.0176. The Hall–Kier alpha value is -2.93. The smallest absolute Gasteiger partial charge is 0.237 e. The van der Waals surface area contributed by atoms with Crippen LogP contribution in [0.3, 0.4) is 0 Å². The Morgan fingerprint density at radius 2 is 1.85 bits per heavy atom. The molecule has 0 aliphatic heterocycles. The van der Waals surface area contributed by atoms with Crippen LogP contribution in [0.1, 0.15) is 6.92 Å². The summed E-state index contributed by atoms with van der Waals surface area (Å²) in [6.07, 6.45) is 0. The molecule has 0 bridgehead atoms. The lowest BCUT2D eigenvalue weighted by Crippen LogP contribution is -2.32. The van der Waals surface area contributed by atoms with Crippen LogP contribution in [0.5, 0.6) is 0 Å². The predicted octanol–water partition coefficient (Wildman–Crippen LogP) is 3.65. The van der Waals surface area contributed by atoms with Gasteiger partial charge in [-0.2, -0.15) is 0 Å². The van der Waals surface area contributed by atoms with Crippen LogP contribution >= 0.6 is 11.8 Å². The maximum absolute atomic E-state index is 12.6. The zero-order valence-electron chi connectivity index (χ0n) is 14.2. The molecule has 4 rings (SSSR count). The number of aromatic nitrogens is 4. The summed E-state index contributed by atoms with van der Waals surface area (Å²) in [5.74, 6) is 0.278. The fourth-order valence-electron chi connectivity index (χ4n) is 2.88. The molecular weight excluding hydrogens is 346 g/mol. The predicted molar refractivity (Wildman–Crippen MR) is 104 cm³/mol. The molecule has 2 aromatic heterocycles. The minimum absolute atomic E-state index is 0.0176. The van der Waals surface area contributed by atoms with E-state index in [1.165, 1.54) is 11.8 Å². The summed E-state index contributed by atoms with van der Waals surface area (Å²) in [5.41, 5.74) is 3.30. The van der Waals surface area contributed by atoms with E-state index in [1.54, 1.807) is 4.90 Å². The molecule has 0 fully saturated rings. The number of amides is 1. The van der Waals surface area contributed by atoms with Gasteiger partial charge in [0.15, 0.2) is 5.65 Å². The van der Waals surface area contributed by atoms with E-state index in [1.807, 2.05) is 61.5 Å². The van der Waals surface area contributed by atoms with Gasteiger partial charge < -0.3 is 9.88 Å². The Morgan fingerprint density at radius 1 is 1.08 bits per heavy atom. The van der Waals surface area contributed by atoms with Gasteiger partial charge in [-0.3, -0.25) is 4.79 Å². The van der Waals surface area contributed by atoms with Crippen LogP contribution in [0.25, 0.3) is 22.1 Å². The zero-order valence-corrected chi connectivity index (χ0v) is 15.0. The Bertz CT molecular complexity index is 1060. The van der Waals surface area contributed by atoms with Gasteiger partial charge in [0.05, 0.1) is 5.75 Å². The first-order valence-electron chi connectivity index (χ1n) is 8.35. The third-order valence-electron chi connectivity index (χ3n) is 4.11. The number of thioether (sulfide) groups is 1. The number of anilines is 1. The van der Waals surface area contributed by atoms with Crippen LogP contribution in [0.4, 0.5) is 5.69 Å². The SMILES string of the molecule is CCN(C(=O)CSc1nnc2c(n1)[nH]c1ccccc12)c1ccccc1. The van der Waals surface area contributed by atoms with Crippen molar-refractivity contribution in [1.29, 1.82) is 0 Å². The maximum Gasteiger partial charge on any atom is 0.237 e. The number of benzene rings is 2. The van der Waals surface area contributed by atoms with Crippen molar-refractivity contribution in [2.75, 3.05) is 17.2 Å². The molecule has 1 N–H and O–H groups in total. The second kappa shape index (κ2) is 7.13. The normalized spacial score (nSPS) is 11.1. The number of fused-ring (bicyclic) bond motifs is 3. The summed E-state index contributed by atoms with van der Waals surface area (Å²) >= 11 is 1.30. The molecule has 130 valence electrons.